The molecule has 2 saturated heterocycles. The van der Waals surface area contributed by atoms with Crippen molar-refractivity contribution in [3.8, 4) is 0 Å². The normalized spacial score (nSPS) is 22.3. The van der Waals surface area contributed by atoms with Gasteiger partial charge in [-0.3, -0.25) is 23.2 Å². The number of aromatic nitrogens is 2. The van der Waals surface area contributed by atoms with Crippen LogP contribution >= 0.6 is 15.6 Å². The zero-order chi connectivity index (χ0) is 51.7. The fourth-order valence-electron chi connectivity index (χ4n) is 7.99. The molecule has 3 heterocycles. The Morgan fingerprint density at radius 1 is 0.704 bits per heavy atom. The summed E-state index contributed by atoms with van der Waals surface area (Å²) in [7, 11) is -10.9. The molecule has 0 aromatic carbocycles. The molecular formula is C50H85N3O16P2. The van der Waals surface area contributed by atoms with Crippen LogP contribution in [0.4, 0.5) is 5.82 Å². The minimum atomic E-state index is -5.44. The maximum absolute atomic E-state index is 12.9. The Hall–Kier alpha value is -3.06. The molecule has 2 aliphatic rings. The van der Waals surface area contributed by atoms with Crippen LogP contribution in [0, 0.1) is 0 Å². The first-order chi connectivity index (χ1) is 34.1. The van der Waals surface area contributed by atoms with Crippen molar-refractivity contribution >= 4 is 33.4 Å². The zero-order valence-electron chi connectivity index (χ0n) is 42.2. The topological polar surface area (TPSA) is 278 Å². The number of carbonyl (C=O) groups is 2. The number of esters is 2. The van der Waals surface area contributed by atoms with E-state index in [1.54, 1.807) is 0 Å². The summed E-state index contributed by atoms with van der Waals surface area (Å²) in [5, 5.41) is 20.9. The van der Waals surface area contributed by atoms with Crippen LogP contribution < -0.4 is 11.4 Å². The molecule has 1 aromatic rings. The smallest absolute Gasteiger partial charge is 0.462 e. The molecule has 2 aliphatic heterocycles. The predicted molar refractivity (Wildman–Crippen MR) is 270 cm³/mol. The van der Waals surface area contributed by atoms with Gasteiger partial charge in [-0.1, -0.05) is 153 Å². The highest BCUT2D eigenvalue weighted by atomic mass is 31.3. The van der Waals surface area contributed by atoms with E-state index in [1.807, 2.05) is 0 Å². The third kappa shape index (κ3) is 28.3. The quantitative estimate of drug-likeness (QED) is 0.0134. The number of phosphoric ester groups is 2. The predicted octanol–water partition coefficient (Wildman–Crippen LogP) is 9.77. The first-order valence-corrected chi connectivity index (χ1v) is 29.1. The Balaban J connectivity index is 1.42. The fourth-order valence-corrected chi connectivity index (χ4v) is 10.1. The van der Waals surface area contributed by atoms with Crippen LogP contribution in [0.1, 0.15) is 187 Å². The van der Waals surface area contributed by atoms with Gasteiger partial charge in [-0.15, -0.1) is 0 Å². The summed E-state index contributed by atoms with van der Waals surface area (Å²) >= 11 is 0. The lowest BCUT2D eigenvalue weighted by molar-refractivity contribution is -0.161. The monoisotopic (exact) mass is 1050 g/mol. The van der Waals surface area contributed by atoms with Crippen molar-refractivity contribution in [2.45, 2.75) is 224 Å². The summed E-state index contributed by atoms with van der Waals surface area (Å²) in [6.07, 6.45) is 32.3. The lowest BCUT2D eigenvalue weighted by Crippen LogP contribution is -2.36. The van der Waals surface area contributed by atoms with E-state index in [0.717, 1.165) is 62.1 Å². The third-order valence-corrected chi connectivity index (χ3v) is 14.8. The number of epoxide rings is 1. The first kappa shape index (κ1) is 62.2. The van der Waals surface area contributed by atoms with Gasteiger partial charge < -0.3 is 44.7 Å². The van der Waals surface area contributed by atoms with Gasteiger partial charge in [0.25, 0.3) is 0 Å². The molecule has 6 N–H and O–H groups in total. The molecule has 0 radical (unpaired) electrons. The fraction of sp³-hybridized carbons (Fsp3) is 0.760. The number of nitrogens with zero attached hydrogens (tertiary/aromatic N) is 2. The number of nitrogen functional groups attached to an aromatic ring is 1. The maximum atomic E-state index is 12.9. The second kappa shape index (κ2) is 36.0. The summed E-state index contributed by atoms with van der Waals surface area (Å²) in [6.45, 7) is 2.07. The Labute approximate surface area is 421 Å². The summed E-state index contributed by atoms with van der Waals surface area (Å²) in [6, 6.07) is 1.25. The van der Waals surface area contributed by atoms with Crippen LogP contribution in [0.2, 0.25) is 0 Å². The number of unbranched alkanes of at least 4 members (excludes halogenated alkanes) is 17. The number of hydrogen-bond acceptors (Lipinski definition) is 16. The number of allylic oxidation sites excluding steroid dienone is 5. The average Bonchev–Trinajstić information content (AvgIpc) is 4.01. The van der Waals surface area contributed by atoms with Crippen molar-refractivity contribution < 1.29 is 71.0 Å². The highest BCUT2D eigenvalue weighted by molar-refractivity contribution is 7.61. The van der Waals surface area contributed by atoms with Crippen LogP contribution in [0.3, 0.4) is 0 Å². The molecule has 3 rings (SSSR count). The molecule has 19 nitrogen and oxygen atoms in total. The van der Waals surface area contributed by atoms with Gasteiger partial charge in [-0.05, 0) is 57.4 Å². The number of nitrogens with two attached hydrogens (primary N) is 1. The molecule has 9 atom stereocenters. The number of hydrogen-bond donors (Lipinski definition) is 5. The van der Waals surface area contributed by atoms with E-state index < -0.39 is 83.7 Å². The molecule has 4 unspecified atom stereocenters. The summed E-state index contributed by atoms with van der Waals surface area (Å²) in [4.78, 5) is 62.1. The molecule has 1 aromatic heterocycles. The SMILES string of the molecule is CCCCC/C=C\C/C=C\C/C=C\CC1OC1CCCC(=O)O[C@H](COC(=O)CCCCCCCCCCCCCCCCC)COP(=O)(O)OP(=O)(O)OC[C@H]1O[C@@H](n2ccc(N)nc2=O)[C@H](O)[C@@H]1O. The van der Waals surface area contributed by atoms with Gasteiger partial charge in [-0.25, -0.2) is 13.9 Å². The van der Waals surface area contributed by atoms with Gasteiger partial charge in [0.2, 0.25) is 0 Å². The molecular weight excluding hydrogens is 961 g/mol. The number of ether oxygens (including phenoxy) is 4. The minimum absolute atomic E-state index is 0.00458. The van der Waals surface area contributed by atoms with E-state index in [0.29, 0.717) is 19.3 Å². The van der Waals surface area contributed by atoms with Gasteiger partial charge in [0.15, 0.2) is 12.3 Å². The van der Waals surface area contributed by atoms with E-state index in [9.17, 15) is 43.5 Å². The van der Waals surface area contributed by atoms with Crippen molar-refractivity contribution in [2.24, 2.45) is 0 Å². The van der Waals surface area contributed by atoms with Crippen molar-refractivity contribution in [3.63, 3.8) is 0 Å². The molecule has 0 bridgehead atoms. The van der Waals surface area contributed by atoms with E-state index in [1.165, 1.54) is 89.5 Å². The molecule has 2 fully saturated rings. The molecule has 0 spiro atoms. The summed E-state index contributed by atoms with van der Waals surface area (Å²) < 4.78 is 62.6. The molecule has 0 aliphatic carbocycles. The minimum Gasteiger partial charge on any atom is -0.462 e. The highest BCUT2D eigenvalue weighted by Gasteiger charge is 2.46. The lowest BCUT2D eigenvalue weighted by atomic mass is 10.0. The van der Waals surface area contributed by atoms with Crippen LogP contribution in [0.15, 0.2) is 53.5 Å². The molecule has 0 saturated carbocycles. The first-order valence-electron chi connectivity index (χ1n) is 26.1. The number of aliphatic hydroxyl groups excluding tert-OH is 2. The van der Waals surface area contributed by atoms with Crippen molar-refractivity contribution in [3.05, 3.63) is 59.2 Å². The molecule has 406 valence electrons. The molecule has 21 heteroatoms. The van der Waals surface area contributed by atoms with Gasteiger partial charge >= 0.3 is 33.3 Å². The second-order valence-corrected chi connectivity index (χ2v) is 21.5. The van der Waals surface area contributed by atoms with E-state index in [-0.39, 0.29) is 30.9 Å². The number of anilines is 1. The Bertz CT molecular complexity index is 1900. The maximum Gasteiger partial charge on any atom is 0.481 e. The lowest BCUT2D eigenvalue weighted by Gasteiger charge is -2.21. The number of aliphatic hydroxyl groups is 2. The van der Waals surface area contributed by atoms with Crippen molar-refractivity contribution in [2.75, 3.05) is 25.6 Å². The van der Waals surface area contributed by atoms with Crippen LogP contribution in [0.5, 0.6) is 0 Å². The molecule has 0 amide bonds. The Morgan fingerprint density at radius 3 is 1.90 bits per heavy atom. The van der Waals surface area contributed by atoms with Gasteiger partial charge in [-0.2, -0.15) is 9.29 Å². The summed E-state index contributed by atoms with van der Waals surface area (Å²) in [5.74, 6) is -1.37. The van der Waals surface area contributed by atoms with Crippen LogP contribution in [0.25, 0.3) is 0 Å². The molecule has 71 heavy (non-hydrogen) atoms. The number of rotatable bonds is 42. The van der Waals surface area contributed by atoms with E-state index in [4.69, 9.17) is 33.7 Å². The second-order valence-electron chi connectivity index (χ2n) is 18.4. The van der Waals surface area contributed by atoms with Crippen molar-refractivity contribution in [1.82, 2.24) is 9.55 Å². The zero-order valence-corrected chi connectivity index (χ0v) is 44.0. The van der Waals surface area contributed by atoms with Gasteiger partial charge in [0, 0.05) is 19.0 Å². The van der Waals surface area contributed by atoms with Gasteiger partial charge in [0.05, 0.1) is 25.4 Å². The number of phosphoric acid groups is 2. The highest BCUT2D eigenvalue weighted by Crippen LogP contribution is 2.60. The third-order valence-electron chi connectivity index (χ3n) is 12.2. The average molecular weight is 1050 g/mol. The Kier molecular flexibility index (Phi) is 31.5. The largest absolute Gasteiger partial charge is 0.481 e. The Morgan fingerprint density at radius 2 is 1.27 bits per heavy atom. The van der Waals surface area contributed by atoms with Crippen LogP contribution in [-0.4, -0.2) is 97.9 Å². The van der Waals surface area contributed by atoms with Crippen LogP contribution in [-0.2, 0) is 51.0 Å². The summed E-state index contributed by atoms with van der Waals surface area (Å²) in [5.41, 5.74) is 4.59. The van der Waals surface area contributed by atoms with E-state index >= 15 is 0 Å². The van der Waals surface area contributed by atoms with Gasteiger partial charge in [0.1, 0.15) is 30.7 Å². The van der Waals surface area contributed by atoms with Crippen molar-refractivity contribution in [1.29, 1.82) is 0 Å². The standard InChI is InChI=1S/C50H85N3O16P2/c1-3-5-7-9-11-13-15-17-18-19-21-23-25-27-29-33-45(54)63-37-40(66-46(55)34-30-32-42-41(67-42)31-28-26-24-22-20-16-14-12-10-8-6-4-2)38-64-70(59,60)69-71(61,62)65-39-43-47(56)48(57)49(68-43)53-36-35-44(51)52-50(53)58/h12,14,20,22,26,28,35-36,40-43,47-49,56-57H,3-11,13,15-19,21,23-25,27,29-34,37-39H2,1-2H3,(H,59,60)(H,61,62)(H2,51,52,58)/b14-12-,22-20-,28-26-/t40-,41?,42?,43-,47-,48-,49-/m1/s1. The number of carbonyl (C=O) groups excluding carboxylic acids is 2. The van der Waals surface area contributed by atoms with E-state index in [2.05, 4.69) is 59.6 Å².